The molecule has 0 bridgehead atoms. The summed E-state index contributed by atoms with van der Waals surface area (Å²) in [6.07, 6.45) is 0.959. The van der Waals surface area contributed by atoms with Gasteiger partial charge in [-0.3, -0.25) is 0 Å². The number of halogens is 1. The Morgan fingerprint density at radius 3 is 2.47 bits per heavy atom. The van der Waals surface area contributed by atoms with Gasteiger partial charge in [0.2, 0.25) is 0 Å². The summed E-state index contributed by atoms with van der Waals surface area (Å²) >= 11 is 0. The summed E-state index contributed by atoms with van der Waals surface area (Å²) in [6.45, 7) is 8.90. The molecule has 0 N–H and O–H groups in total. The van der Waals surface area contributed by atoms with E-state index < -0.39 is 0 Å². The summed E-state index contributed by atoms with van der Waals surface area (Å²) in [7, 11) is 0. The fourth-order valence-electron chi connectivity index (χ4n) is 1.43. The third-order valence-electron chi connectivity index (χ3n) is 2.21. The van der Waals surface area contributed by atoms with Crippen molar-refractivity contribution in [3.05, 3.63) is 29.6 Å². The van der Waals surface area contributed by atoms with Gasteiger partial charge in [-0.1, -0.05) is 27.7 Å². The summed E-state index contributed by atoms with van der Waals surface area (Å²) in [5.74, 6) is 0.592. The highest BCUT2D eigenvalue weighted by atomic mass is 19.1. The molecule has 0 aliphatic carbocycles. The van der Waals surface area contributed by atoms with Crippen LogP contribution in [0.25, 0.3) is 0 Å². The summed E-state index contributed by atoms with van der Waals surface area (Å²) in [5.41, 5.74) is 0.835. The van der Waals surface area contributed by atoms with Crippen LogP contribution in [-0.4, -0.2) is 6.61 Å². The van der Waals surface area contributed by atoms with Gasteiger partial charge < -0.3 is 4.74 Å². The number of hydrogen-bond donors (Lipinski definition) is 0. The Bertz CT molecular complexity index is 326. The monoisotopic (exact) mass is 210 g/mol. The lowest BCUT2D eigenvalue weighted by Crippen LogP contribution is -2.14. The normalized spacial score (nSPS) is 11.5. The Kier molecular flexibility index (Phi) is 3.72. The maximum absolute atomic E-state index is 13.1. The van der Waals surface area contributed by atoms with E-state index in [1.807, 2.05) is 0 Å². The number of ether oxygens (including phenoxy) is 1. The van der Waals surface area contributed by atoms with Crippen LogP contribution in [0, 0.1) is 5.82 Å². The molecule has 0 aliphatic rings. The molecule has 1 nitrogen and oxygen atoms in total. The Hall–Kier alpha value is -1.05. The van der Waals surface area contributed by atoms with Crippen molar-refractivity contribution in [3.63, 3.8) is 0 Å². The van der Waals surface area contributed by atoms with Crippen LogP contribution in [0.4, 0.5) is 4.39 Å². The summed E-state index contributed by atoms with van der Waals surface area (Å²) in [6, 6.07) is 4.72. The maximum atomic E-state index is 13.1. The second kappa shape index (κ2) is 4.65. The zero-order valence-corrected chi connectivity index (χ0v) is 9.93. The summed E-state index contributed by atoms with van der Waals surface area (Å²) in [4.78, 5) is 0. The second-order valence-corrected chi connectivity index (χ2v) is 4.74. The van der Waals surface area contributed by atoms with Crippen molar-refractivity contribution in [1.29, 1.82) is 0 Å². The van der Waals surface area contributed by atoms with Gasteiger partial charge in [-0.2, -0.15) is 0 Å². The van der Waals surface area contributed by atoms with Gasteiger partial charge in [0.25, 0.3) is 0 Å². The molecule has 0 amide bonds. The van der Waals surface area contributed by atoms with Crippen LogP contribution in [0.1, 0.15) is 39.7 Å². The molecule has 1 aromatic rings. The Balaban J connectivity index is 3.04. The van der Waals surface area contributed by atoms with Crippen molar-refractivity contribution < 1.29 is 9.13 Å². The lowest BCUT2D eigenvalue weighted by molar-refractivity contribution is 0.308. The highest BCUT2D eigenvalue weighted by molar-refractivity contribution is 5.38. The van der Waals surface area contributed by atoms with Crippen LogP contribution in [0.15, 0.2) is 18.2 Å². The van der Waals surface area contributed by atoms with E-state index in [2.05, 4.69) is 27.7 Å². The minimum Gasteiger partial charge on any atom is -0.493 e. The van der Waals surface area contributed by atoms with E-state index >= 15 is 0 Å². The first-order chi connectivity index (χ1) is 6.95. The van der Waals surface area contributed by atoms with Crippen molar-refractivity contribution in [2.45, 2.75) is 39.5 Å². The van der Waals surface area contributed by atoms with Gasteiger partial charge in [-0.15, -0.1) is 0 Å². The summed E-state index contributed by atoms with van der Waals surface area (Å²) < 4.78 is 18.7. The van der Waals surface area contributed by atoms with Crippen LogP contribution in [-0.2, 0) is 5.41 Å². The summed E-state index contributed by atoms with van der Waals surface area (Å²) in [5, 5.41) is 0. The lowest BCUT2D eigenvalue weighted by Gasteiger charge is -2.22. The van der Waals surface area contributed by atoms with Gasteiger partial charge >= 0.3 is 0 Å². The largest absolute Gasteiger partial charge is 0.493 e. The molecular weight excluding hydrogens is 191 g/mol. The number of hydrogen-bond acceptors (Lipinski definition) is 1. The first kappa shape index (κ1) is 12.0. The standard InChI is InChI=1S/C13H19FO/c1-5-8-15-12-7-6-10(14)9-11(12)13(2,3)4/h6-7,9H,5,8H2,1-4H3. The van der Waals surface area contributed by atoms with Crippen LogP contribution < -0.4 is 4.74 Å². The average Bonchev–Trinajstić information content (AvgIpc) is 2.14. The van der Waals surface area contributed by atoms with Crippen molar-refractivity contribution in [1.82, 2.24) is 0 Å². The predicted molar refractivity (Wildman–Crippen MR) is 60.9 cm³/mol. The molecule has 0 spiro atoms. The molecule has 0 heterocycles. The minimum absolute atomic E-state index is 0.0921. The molecule has 0 saturated carbocycles. The predicted octanol–water partition coefficient (Wildman–Crippen LogP) is 3.91. The van der Waals surface area contributed by atoms with E-state index in [1.54, 1.807) is 12.1 Å². The lowest BCUT2D eigenvalue weighted by atomic mass is 9.86. The van der Waals surface area contributed by atoms with E-state index in [1.165, 1.54) is 6.07 Å². The Morgan fingerprint density at radius 1 is 1.27 bits per heavy atom. The quantitative estimate of drug-likeness (QED) is 0.735. The van der Waals surface area contributed by atoms with Crippen molar-refractivity contribution in [3.8, 4) is 5.75 Å². The molecule has 1 aromatic carbocycles. The van der Waals surface area contributed by atoms with Gasteiger partial charge in [0.15, 0.2) is 0 Å². The highest BCUT2D eigenvalue weighted by Crippen LogP contribution is 2.31. The zero-order valence-electron chi connectivity index (χ0n) is 9.93. The minimum atomic E-state index is -0.205. The van der Waals surface area contributed by atoms with Gasteiger partial charge in [0, 0.05) is 5.56 Å². The maximum Gasteiger partial charge on any atom is 0.123 e. The SMILES string of the molecule is CCCOc1ccc(F)cc1C(C)(C)C. The molecule has 0 aliphatic heterocycles. The molecule has 15 heavy (non-hydrogen) atoms. The van der Waals surface area contributed by atoms with Crippen LogP contribution >= 0.6 is 0 Å². The number of rotatable bonds is 3. The molecule has 0 saturated heterocycles. The van der Waals surface area contributed by atoms with Gasteiger partial charge in [-0.05, 0) is 30.0 Å². The molecule has 0 aromatic heterocycles. The molecule has 84 valence electrons. The third kappa shape index (κ3) is 3.22. The first-order valence-electron chi connectivity index (χ1n) is 5.38. The molecule has 0 radical (unpaired) electrons. The fourth-order valence-corrected chi connectivity index (χ4v) is 1.43. The Labute approximate surface area is 91.3 Å². The molecular formula is C13H19FO. The Morgan fingerprint density at radius 2 is 1.93 bits per heavy atom. The smallest absolute Gasteiger partial charge is 0.123 e. The highest BCUT2D eigenvalue weighted by Gasteiger charge is 2.19. The van der Waals surface area contributed by atoms with Gasteiger partial charge in [0.1, 0.15) is 11.6 Å². The van der Waals surface area contributed by atoms with E-state index in [0.717, 1.165) is 17.7 Å². The van der Waals surface area contributed by atoms with Gasteiger partial charge in [-0.25, -0.2) is 4.39 Å². The van der Waals surface area contributed by atoms with Crippen LogP contribution in [0.5, 0.6) is 5.75 Å². The number of benzene rings is 1. The first-order valence-corrected chi connectivity index (χ1v) is 5.38. The molecule has 0 atom stereocenters. The van der Waals surface area contributed by atoms with E-state index in [4.69, 9.17) is 4.74 Å². The average molecular weight is 210 g/mol. The third-order valence-corrected chi connectivity index (χ3v) is 2.21. The van der Waals surface area contributed by atoms with Gasteiger partial charge in [0.05, 0.1) is 6.61 Å². The fraction of sp³-hybridized carbons (Fsp3) is 0.538. The second-order valence-electron chi connectivity index (χ2n) is 4.74. The topological polar surface area (TPSA) is 9.23 Å². The molecule has 0 unspecified atom stereocenters. The van der Waals surface area contributed by atoms with Crippen LogP contribution in [0.2, 0.25) is 0 Å². The molecule has 1 rings (SSSR count). The zero-order chi connectivity index (χ0) is 11.5. The van der Waals surface area contributed by atoms with Crippen molar-refractivity contribution in [2.24, 2.45) is 0 Å². The van der Waals surface area contributed by atoms with E-state index in [0.29, 0.717) is 6.61 Å². The van der Waals surface area contributed by atoms with Crippen molar-refractivity contribution in [2.75, 3.05) is 6.61 Å². The molecule has 0 fully saturated rings. The van der Waals surface area contributed by atoms with Crippen molar-refractivity contribution >= 4 is 0 Å². The van der Waals surface area contributed by atoms with Crippen LogP contribution in [0.3, 0.4) is 0 Å². The molecule has 2 heteroatoms. The van der Waals surface area contributed by atoms with E-state index in [-0.39, 0.29) is 11.2 Å². The van der Waals surface area contributed by atoms with E-state index in [9.17, 15) is 4.39 Å².